The second-order valence-corrected chi connectivity index (χ2v) is 5.02. The summed E-state index contributed by atoms with van der Waals surface area (Å²) >= 11 is -0.905. The molecule has 72 valence electrons. The molecule has 0 saturated heterocycles. The fourth-order valence-electron chi connectivity index (χ4n) is 1.58. The molecule has 13 heavy (non-hydrogen) atoms. The van der Waals surface area contributed by atoms with Crippen molar-refractivity contribution < 1.29 is 4.55 Å². The fourth-order valence-corrected chi connectivity index (χ4v) is 2.77. The standard InChI is InChI=1S/C8H13N3OS/c1-6(2)11-7-4-3-5-13(12)8(7)9-10-11/h6H,3-5H2,1-2H3. The van der Waals surface area contributed by atoms with Crippen molar-refractivity contribution in [2.24, 2.45) is 0 Å². The quantitative estimate of drug-likeness (QED) is 0.632. The molecule has 0 amide bonds. The van der Waals surface area contributed by atoms with Crippen LogP contribution < -0.4 is 0 Å². The van der Waals surface area contributed by atoms with Crippen LogP contribution in [0.1, 0.15) is 32.0 Å². The van der Waals surface area contributed by atoms with E-state index in [1.165, 1.54) is 0 Å². The molecular formula is C8H13N3OS. The molecule has 1 aromatic heterocycles. The SMILES string of the molecule is CC(C)n1nnc2c1CCC[S+]2[O-]. The molecule has 0 spiro atoms. The van der Waals surface area contributed by atoms with Crippen LogP contribution in [0.2, 0.25) is 0 Å². The Hall–Kier alpha value is -0.550. The van der Waals surface area contributed by atoms with Gasteiger partial charge in [-0.05, 0) is 20.3 Å². The van der Waals surface area contributed by atoms with E-state index in [0.717, 1.165) is 24.3 Å². The average molecular weight is 199 g/mol. The molecule has 0 aliphatic carbocycles. The highest BCUT2D eigenvalue weighted by Crippen LogP contribution is 2.24. The van der Waals surface area contributed by atoms with Crippen molar-refractivity contribution in [2.75, 3.05) is 5.75 Å². The molecular weight excluding hydrogens is 186 g/mol. The third-order valence-corrected chi connectivity index (χ3v) is 3.61. The van der Waals surface area contributed by atoms with Crippen molar-refractivity contribution in [3.05, 3.63) is 5.69 Å². The molecule has 4 nitrogen and oxygen atoms in total. The number of fused-ring (bicyclic) bond motifs is 1. The van der Waals surface area contributed by atoms with Crippen molar-refractivity contribution in [3.8, 4) is 0 Å². The predicted molar refractivity (Wildman–Crippen MR) is 50.0 cm³/mol. The highest BCUT2D eigenvalue weighted by molar-refractivity contribution is 7.91. The summed E-state index contributed by atoms with van der Waals surface area (Å²) in [7, 11) is 0. The molecule has 1 atom stereocenters. The number of rotatable bonds is 1. The highest BCUT2D eigenvalue weighted by atomic mass is 32.2. The number of aromatic nitrogens is 3. The molecule has 0 bridgehead atoms. The van der Waals surface area contributed by atoms with Gasteiger partial charge < -0.3 is 4.55 Å². The van der Waals surface area contributed by atoms with Crippen LogP contribution >= 0.6 is 0 Å². The van der Waals surface area contributed by atoms with Crippen LogP contribution in [0.5, 0.6) is 0 Å². The maximum absolute atomic E-state index is 11.5. The smallest absolute Gasteiger partial charge is 0.286 e. The highest BCUT2D eigenvalue weighted by Gasteiger charge is 2.28. The number of hydrogen-bond acceptors (Lipinski definition) is 3. The monoisotopic (exact) mass is 199 g/mol. The Morgan fingerprint density at radius 2 is 2.31 bits per heavy atom. The molecule has 1 aromatic rings. The first-order valence-corrected chi connectivity index (χ1v) is 5.84. The zero-order chi connectivity index (χ0) is 9.42. The zero-order valence-corrected chi connectivity index (χ0v) is 8.67. The maximum Gasteiger partial charge on any atom is 0.286 e. The first-order valence-electron chi connectivity index (χ1n) is 4.52. The maximum atomic E-state index is 11.5. The van der Waals surface area contributed by atoms with Gasteiger partial charge in [-0.1, -0.05) is 10.3 Å². The summed E-state index contributed by atoms with van der Waals surface area (Å²) in [5, 5.41) is 8.70. The third kappa shape index (κ3) is 1.46. The van der Waals surface area contributed by atoms with E-state index in [0.29, 0.717) is 11.1 Å². The van der Waals surface area contributed by atoms with E-state index >= 15 is 0 Å². The lowest BCUT2D eigenvalue weighted by Gasteiger charge is -2.16. The van der Waals surface area contributed by atoms with Gasteiger partial charge in [-0.25, -0.2) is 4.68 Å². The van der Waals surface area contributed by atoms with E-state index in [2.05, 4.69) is 24.2 Å². The molecule has 1 aliphatic heterocycles. The molecule has 0 aromatic carbocycles. The predicted octanol–water partition coefficient (Wildman–Crippen LogP) is 0.913. The molecule has 0 saturated carbocycles. The van der Waals surface area contributed by atoms with Crippen LogP contribution in [-0.4, -0.2) is 25.3 Å². The Kier molecular flexibility index (Phi) is 2.29. The van der Waals surface area contributed by atoms with Crippen LogP contribution in [0.4, 0.5) is 0 Å². The van der Waals surface area contributed by atoms with Gasteiger partial charge in [0.05, 0.1) is 0 Å². The van der Waals surface area contributed by atoms with Crippen LogP contribution in [0.25, 0.3) is 0 Å². The Morgan fingerprint density at radius 3 is 3.00 bits per heavy atom. The topological polar surface area (TPSA) is 53.8 Å². The Balaban J connectivity index is 2.41. The first kappa shape index (κ1) is 9.02. The lowest BCUT2D eigenvalue weighted by molar-refractivity contribution is 0.490. The minimum absolute atomic E-state index is 0.311. The summed E-state index contributed by atoms with van der Waals surface area (Å²) in [4.78, 5) is 0. The second kappa shape index (κ2) is 3.31. The third-order valence-electron chi connectivity index (χ3n) is 2.20. The van der Waals surface area contributed by atoms with Crippen molar-refractivity contribution in [1.82, 2.24) is 15.0 Å². The van der Waals surface area contributed by atoms with Gasteiger partial charge >= 0.3 is 0 Å². The Morgan fingerprint density at radius 1 is 1.54 bits per heavy atom. The van der Waals surface area contributed by atoms with E-state index < -0.39 is 11.2 Å². The molecule has 0 fully saturated rings. The van der Waals surface area contributed by atoms with Crippen LogP contribution in [0.15, 0.2) is 5.03 Å². The lowest BCUT2D eigenvalue weighted by Crippen LogP contribution is -2.18. The van der Waals surface area contributed by atoms with E-state index in [4.69, 9.17) is 0 Å². The molecule has 1 aliphatic rings. The average Bonchev–Trinajstić information content (AvgIpc) is 2.48. The molecule has 1 unspecified atom stereocenters. The second-order valence-electron chi connectivity index (χ2n) is 3.53. The normalized spacial score (nSPS) is 22.0. The van der Waals surface area contributed by atoms with Crippen molar-refractivity contribution in [1.29, 1.82) is 0 Å². The Labute approximate surface area is 80.5 Å². The summed E-state index contributed by atoms with van der Waals surface area (Å²) in [6.07, 6.45) is 1.95. The first-order chi connectivity index (χ1) is 6.20. The minimum atomic E-state index is -0.905. The van der Waals surface area contributed by atoms with E-state index in [1.54, 1.807) is 0 Å². The van der Waals surface area contributed by atoms with Gasteiger partial charge in [0.15, 0.2) is 0 Å². The number of nitrogens with zero attached hydrogens (tertiary/aromatic N) is 3. The van der Waals surface area contributed by atoms with Crippen LogP contribution in [0.3, 0.4) is 0 Å². The van der Waals surface area contributed by atoms with Crippen molar-refractivity contribution >= 4 is 11.2 Å². The largest absolute Gasteiger partial charge is 0.610 e. The van der Waals surface area contributed by atoms with Crippen LogP contribution in [0, 0.1) is 0 Å². The van der Waals surface area contributed by atoms with E-state index in [1.807, 2.05) is 4.68 Å². The minimum Gasteiger partial charge on any atom is -0.610 e. The fraction of sp³-hybridized carbons (Fsp3) is 0.750. The summed E-state index contributed by atoms with van der Waals surface area (Å²) in [6, 6.07) is 0.311. The summed E-state index contributed by atoms with van der Waals surface area (Å²) in [5.41, 5.74) is 1.07. The summed E-state index contributed by atoms with van der Waals surface area (Å²) in [6.45, 7) is 4.12. The van der Waals surface area contributed by atoms with E-state index in [9.17, 15) is 4.55 Å². The molecule has 0 N–H and O–H groups in total. The van der Waals surface area contributed by atoms with Crippen molar-refractivity contribution in [3.63, 3.8) is 0 Å². The van der Waals surface area contributed by atoms with Gasteiger partial charge in [0.2, 0.25) is 0 Å². The van der Waals surface area contributed by atoms with Gasteiger partial charge in [-0.2, -0.15) is 0 Å². The summed E-state index contributed by atoms with van der Waals surface area (Å²) < 4.78 is 13.4. The molecule has 2 rings (SSSR count). The lowest BCUT2D eigenvalue weighted by atomic mass is 10.2. The van der Waals surface area contributed by atoms with Gasteiger partial charge in [-0.3, -0.25) is 0 Å². The number of hydrogen-bond donors (Lipinski definition) is 0. The zero-order valence-electron chi connectivity index (χ0n) is 7.86. The van der Waals surface area contributed by atoms with E-state index in [-0.39, 0.29) is 0 Å². The molecule has 2 heterocycles. The van der Waals surface area contributed by atoms with Gasteiger partial charge in [-0.15, -0.1) is 0 Å². The van der Waals surface area contributed by atoms with Crippen molar-refractivity contribution in [2.45, 2.75) is 37.8 Å². The van der Waals surface area contributed by atoms with Crippen LogP contribution in [-0.2, 0) is 17.6 Å². The molecule has 5 heteroatoms. The molecule has 0 radical (unpaired) electrons. The van der Waals surface area contributed by atoms with Gasteiger partial charge in [0.25, 0.3) is 5.03 Å². The van der Waals surface area contributed by atoms with Gasteiger partial charge in [0, 0.05) is 23.6 Å². The van der Waals surface area contributed by atoms with Gasteiger partial charge in [0.1, 0.15) is 11.4 Å². The summed E-state index contributed by atoms with van der Waals surface area (Å²) in [5.74, 6) is 0.740. The Bertz CT molecular complexity index is 297.